The van der Waals surface area contributed by atoms with Gasteiger partial charge in [-0.2, -0.15) is 31.8 Å². The first-order valence-corrected chi connectivity index (χ1v) is 25.6. The Balaban J connectivity index is 0.000000181. The first-order valence-electron chi connectivity index (χ1n) is 24.2. The lowest BCUT2D eigenvalue weighted by Crippen LogP contribution is -2.41. The maximum absolute atomic E-state index is 12.4. The van der Waals surface area contributed by atoms with Crippen molar-refractivity contribution in [1.29, 1.82) is 0 Å². The predicted octanol–water partition coefficient (Wildman–Crippen LogP) is 8.61. The zero-order valence-electron chi connectivity index (χ0n) is 42.9. The molecule has 74 heavy (non-hydrogen) atoms. The van der Waals surface area contributed by atoms with Crippen LogP contribution in [0.3, 0.4) is 0 Å². The van der Waals surface area contributed by atoms with E-state index in [9.17, 15) is 21.6 Å². The van der Waals surface area contributed by atoms with Crippen LogP contribution in [0.2, 0.25) is 0 Å². The number of alkyl halides is 3. The highest BCUT2D eigenvalue weighted by molar-refractivity contribution is 7.88. The predicted molar refractivity (Wildman–Crippen MR) is 282 cm³/mol. The first kappa shape index (κ1) is 57.0. The topological polar surface area (TPSA) is 206 Å². The van der Waals surface area contributed by atoms with Crippen LogP contribution in [-0.4, -0.2) is 145 Å². The van der Waals surface area contributed by atoms with Crippen LogP contribution in [0.5, 0.6) is 17.4 Å². The molecule has 400 valence electrons. The Morgan fingerprint density at radius 1 is 0.662 bits per heavy atom. The molecule has 0 atom stereocenters. The summed E-state index contributed by atoms with van der Waals surface area (Å²) in [6, 6.07) is 6.77. The number of H-pyrrole nitrogens is 2. The molecule has 0 saturated carbocycles. The molecule has 19 nitrogen and oxygen atoms in total. The van der Waals surface area contributed by atoms with E-state index >= 15 is 0 Å². The Morgan fingerprint density at radius 3 is 1.65 bits per heavy atom. The molecule has 9 heterocycles. The summed E-state index contributed by atoms with van der Waals surface area (Å²) >= 11 is 0. The summed E-state index contributed by atoms with van der Waals surface area (Å²) in [7, 11) is -3.01. The second kappa shape index (κ2) is 23.9. The highest BCUT2D eigenvalue weighted by Crippen LogP contribution is 2.37. The molecule has 9 rings (SSSR count). The van der Waals surface area contributed by atoms with Crippen molar-refractivity contribution >= 4 is 66.6 Å². The third-order valence-electron chi connectivity index (χ3n) is 13.2. The van der Waals surface area contributed by atoms with E-state index in [-0.39, 0.29) is 25.7 Å². The Labute approximate surface area is 430 Å². The number of fused-ring (bicyclic) bond motifs is 6. The van der Waals surface area contributed by atoms with Gasteiger partial charge in [0.25, 0.3) is 0 Å². The van der Waals surface area contributed by atoms with Gasteiger partial charge in [0.2, 0.25) is 5.88 Å². The van der Waals surface area contributed by atoms with Gasteiger partial charge in [0.05, 0.1) is 73.1 Å². The maximum Gasteiger partial charge on any atom is 0.534 e. The van der Waals surface area contributed by atoms with Gasteiger partial charge < -0.3 is 42.7 Å². The fourth-order valence-electron chi connectivity index (χ4n) is 8.09. The van der Waals surface area contributed by atoms with Gasteiger partial charge in [0.15, 0.2) is 0 Å². The summed E-state index contributed by atoms with van der Waals surface area (Å²) < 4.78 is 89.6. The molecule has 0 bridgehead atoms. The third kappa shape index (κ3) is 13.1. The van der Waals surface area contributed by atoms with Crippen molar-refractivity contribution in [3.63, 3.8) is 0 Å². The Bertz CT molecular complexity index is 3210. The number of hydrogen-bond acceptors (Lipinski definition) is 15. The van der Waals surface area contributed by atoms with Crippen LogP contribution in [0, 0.1) is 0 Å². The Kier molecular flexibility index (Phi) is 18.4. The number of aromatic amines is 2. The van der Waals surface area contributed by atoms with E-state index < -0.39 is 21.5 Å². The molecule has 2 N–H and O–H groups in total. The summed E-state index contributed by atoms with van der Waals surface area (Å²) in [4.78, 5) is 27.7. The Morgan fingerprint density at radius 2 is 1.15 bits per heavy atom. The average Bonchev–Trinajstić information content (AvgIpc) is 4.21. The van der Waals surface area contributed by atoms with Gasteiger partial charge in [0.1, 0.15) is 22.8 Å². The lowest BCUT2D eigenvalue weighted by molar-refractivity contribution is -0.0501. The second-order valence-electron chi connectivity index (χ2n) is 18.3. The van der Waals surface area contributed by atoms with E-state index in [0.29, 0.717) is 27.7 Å². The molecular weight excluding hydrogens is 980 g/mol. The second-order valence-corrected chi connectivity index (χ2v) is 19.9. The number of nitrogens with one attached hydrogen (secondary N) is 2. The number of methoxy groups -OCH3 is 2. The van der Waals surface area contributed by atoms with Gasteiger partial charge in [-0.3, -0.25) is 14.3 Å². The monoisotopic (exact) mass is 1050 g/mol. The minimum Gasteiger partial charge on any atom is -0.495 e. The fourth-order valence-corrected chi connectivity index (χ4v) is 8.50. The smallest absolute Gasteiger partial charge is 0.495 e. The average molecular weight is 1050 g/mol. The number of rotatable bonds is 18. The van der Waals surface area contributed by atoms with Gasteiger partial charge in [-0.05, 0) is 98.0 Å². The highest BCUT2D eigenvalue weighted by Gasteiger charge is 2.52. The minimum atomic E-state index is -5.78. The highest BCUT2D eigenvalue weighted by atomic mass is 32.2. The van der Waals surface area contributed by atoms with E-state index in [1.54, 1.807) is 19.4 Å². The number of aromatic nitrogens is 10. The van der Waals surface area contributed by atoms with Crippen LogP contribution in [0.1, 0.15) is 75.7 Å². The van der Waals surface area contributed by atoms with E-state index in [0.717, 1.165) is 122 Å². The molecule has 0 aliphatic carbocycles. The van der Waals surface area contributed by atoms with Gasteiger partial charge >= 0.3 is 22.7 Å². The molecule has 0 radical (unpaired) electrons. The van der Waals surface area contributed by atoms with Crippen LogP contribution in [-0.2, 0) is 32.5 Å². The molecule has 0 unspecified atom stereocenters. The summed E-state index contributed by atoms with van der Waals surface area (Å²) in [6.07, 6.45) is 16.2. The van der Waals surface area contributed by atoms with Crippen LogP contribution in [0.15, 0.2) is 73.8 Å². The number of pyridine rings is 4. The lowest BCUT2D eigenvalue weighted by atomic mass is 9.82. The third-order valence-corrected chi connectivity index (χ3v) is 14.1. The molecule has 8 aromatic heterocycles. The van der Waals surface area contributed by atoms with E-state index in [1.807, 2.05) is 40.2 Å². The van der Waals surface area contributed by atoms with Gasteiger partial charge in [-0.25, -0.2) is 15.0 Å². The SMILES string of the molecule is C.CCN(CC)CCCn1cc(-c2cc3c(cn2)[nH]c2ncc(OC)cc23)cn1.CCN(CC)CCCn1cc(B2OC(C)(C)C(C)(C)O2)cn1.COc1cnc2[nH]c3cnc(OS(=O)(=O)C(F)(F)F)cc3c2c1. The van der Waals surface area contributed by atoms with Crippen molar-refractivity contribution in [2.75, 3.05) is 53.5 Å². The summed E-state index contributed by atoms with van der Waals surface area (Å²) in [5.41, 5.74) is -0.508. The van der Waals surface area contributed by atoms with E-state index in [4.69, 9.17) is 18.8 Å². The number of hydrogen-bond donors (Lipinski definition) is 2. The van der Waals surface area contributed by atoms with Gasteiger partial charge in [-0.15, -0.1) is 0 Å². The Hall–Kier alpha value is -6.34. The molecule has 0 spiro atoms. The van der Waals surface area contributed by atoms with Crippen molar-refractivity contribution in [2.45, 2.75) is 105 Å². The first-order chi connectivity index (χ1) is 34.7. The van der Waals surface area contributed by atoms with Crippen molar-refractivity contribution in [1.82, 2.24) is 59.3 Å². The summed E-state index contributed by atoms with van der Waals surface area (Å²) in [6.45, 7) is 25.5. The number of nitrogens with zero attached hydrogens (tertiary/aromatic N) is 10. The molecule has 8 aromatic rings. The normalized spacial score (nSPS) is 14.3. The molecule has 1 saturated heterocycles. The largest absolute Gasteiger partial charge is 0.534 e. The molecular formula is C50H68BF3N12O7S. The molecule has 1 fully saturated rings. The lowest BCUT2D eigenvalue weighted by Gasteiger charge is -2.32. The molecule has 1 aliphatic rings. The van der Waals surface area contributed by atoms with Gasteiger partial charge in [-0.1, -0.05) is 35.1 Å². The molecule has 0 aromatic carbocycles. The summed E-state index contributed by atoms with van der Waals surface area (Å²) in [5, 5.41) is 12.0. The van der Waals surface area contributed by atoms with Crippen LogP contribution < -0.4 is 19.1 Å². The fraction of sp³-hybridized carbons (Fsp3) is 0.480. The minimum absolute atomic E-state index is 0. The van der Waals surface area contributed by atoms with E-state index in [2.05, 4.69) is 122 Å². The van der Waals surface area contributed by atoms with Crippen molar-refractivity contribution in [3.8, 4) is 28.6 Å². The van der Waals surface area contributed by atoms with E-state index in [1.165, 1.54) is 13.3 Å². The van der Waals surface area contributed by atoms with Crippen molar-refractivity contribution in [3.05, 3.63) is 73.8 Å². The number of ether oxygens (including phenoxy) is 2. The zero-order valence-corrected chi connectivity index (χ0v) is 43.8. The molecule has 24 heteroatoms. The van der Waals surface area contributed by atoms with Crippen molar-refractivity contribution < 1.29 is 44.6 Å². The number of aryl methyl sites for hydroxylation is 2. The van der Waals surface area contributed by atoms with Crippen LogP contribution >= 0.6 is 0 Å². The number of halogens is 3. The quantitative estimate of drug-likeness (QED) is 0.0469. The maximum atomic E-state index is 12.4. The van der Waals surface area contributed by atoms with Gasteiger partial charge in [0, 0.05) is 70.3 Å². The molecule has 1 aliphatic heterocycles. The van der Waals surface area contributed by atoms with Crippen LogP contribution in [0.25, 0.3) is 55.1 Å². The summed E-state index contributed by atoms with van der Waals surface area (Å²) in [5.74, 6) is 0.479. The molecule has 0 amide bonds. The standard InChI is InChI=1S/C21H26N6O.C16H30BN3O2.C12H8F3N3O4S.CH4/c1-4-26(5-2)7-6-8-27-14-15(11-24-27)19-10-17-18-9-16(28-3)12-23-21(18)25-20(17)13-22-19;1-7-19(8-2)10-9-11-20-13-14(12-18-20)17-21-15(3,4)16(5,6)22-17;1-21-6-2-8-7-3-10(22-23(19,20)12(13,14)15)16-5-9(7)18-11(8)17-4-6;/h9-14H,4-8H2,1-3H3,(H,23,25);12-13H,7-11H2,1-6H3;2-5H,1H3,(H,17,18);1H4. The van der Waals surface area contributed by atoms with Crippen LogP contribution in [0.4, 0.5) is 13.2 Å². The van der Waals surface area contributed by atoms with Crippen molar-refractivity contribution in [2.24, 2.45) is 0 Å². The zero-order chi connectivity index (χ0) is 52.7.